The SMILES string of the molecule is Cc1ncsc1C(C)NCc1cccc(C(F)(F)F)c1. The van der Waals surface area contributed by atoms with Crippen molar-refractivity contribution in [3.05, 3.63) is 51.5 Å². The highest BCUT2D eigenvalue weighted by Gasteiger charge is 2.30. The van der Waals surface area contributed by atoms with E-state index in [1.54, 1.807) is 22.9 Å². The molecule has 6 heteroatoms. The number of nitrogens with one attached hydrogen (secondary N) is 1. The molecule has 1 unspecified atom stereocenters. The fourth-order valence-corrected chi connectivity index (χ4v) is 2.78. The molecule has 2 aromatic rings. The molecule has 0 aliphatic rings. The average Bonchev–Trinajstić information content (AvgIpc) is 2.82. The summed E-state index contributed by atoms with van der Waals surface area (Å²) >= 11 is 1.55. The van der Waals surface area contributed by atoms with E-state index in [2.05, 4.69) is 10.3 Å². The van der Waals surface area contributed by atoms with Gasteiger partial charge in [0.1, 0.15) is 0 Å². The van der Waals surface area contributed by atoms with Crippen molar-refractivity contribution < 1.29 is 13.2 Å². The van der Waals surface area contributed by atoms with Crippen LogP contribution in [0.4, 0.5) is 13.2 Å². The highest BCUT2D eigenvalue weighted by molar-refractivity contribution is 7.09. The maximum atomic E-state index is 12.6. The minimum atomic E-state index is -4.30. The molecule has 108 valence electrons. The third-order valence-corrected chi connectivity index (χ3v) is 4.16. The molecular formula is C14H15F3N2S. The lowest BCUT2D eigenvalue weighted by atomic mass is 10.1. The Labute approximate surface area is 119 Å². The third kappa shape index (κ3) is 3.58. The minimum absolute atomic E-state index is 0.0667. The van der Waals surface area contributed by atoms with E-state index < -0.39 is 11.7 Å². The van der Waals surface area contributed by atoms with Gasteiger partial charge in [-0.1, -0.05) is 18.2 Å². The topological polar surface area (TPSA) is 24.9 Å². The second-order valence-electron chi connectivity index (χ2n) is 4.60. The van der Waals surface area contributed by atoms with Crippen molar-refractivity contribution in [3.63, 3.8) is 0 Å². The standard InChI is InChI=1S/C14H15F3N2S/c1-9(13-10(2)19-8-20-13)18-7-11-4-3-5-12(6-11)14(15,16)17/h3-6,8-9,18H,7H2,1-2H3. The van der Waals surface area contributed by atoms with Gasteiger partial charge in [0.05, 0.1) is 16.8 Å². The van der Waals surface area contributed by atoms with Gasteiger partial charge in [0, 0.05) is 17.5 Å². The number of aromatic nitrogens is 1. The molecule has 1 aromatic carbocycles. The van der Waals surface area contributed by atoms with E-state index in [0.717, 1.165) is 16.6 Å². The number of aryl methyl sites for hydroxylation is 1. The molecule has 1 heterocycles. The Bertz CT molecular complexity index is 578. The van der Waals surface area contributed by atoms with Crippen molar-refractivity contribution in [2.24, 2.45) is 0 Å². The molecule has 0 bridgehead atoms. The fraction of sp³-hybridized carbons (Fsp3) is 0.357. The predicted molar refractivity (Wildman–Crippen MR) is 73.5 cm³/mol. The van der Waals surface area contributed by atoms with Crippen LogP contribution in [0.1, 0.15) is 34.7 Å². The van der Waals surface area contributed by atoms with Crippen molar-refractivity contribution in [1.82, 2.24) is 10.3 Å². The summed E-state index contributed by atoms with van der Waals surface area (Å²) in [7, 11) is 0. The van der Waals surface area contributed by atoms with Gasteiger partial charge in [0.25, 0.3) is 0 Å². The Morgan fingerprint density at radius 1 is 1.35 bits per heavy atom. The summed E-state index contributed by atoms with van der Waals surface area (Å²) in [5.74, 6) is 0. The van der Waals surface area contributed by atoms with Gasteiger partial charge >= 0.3 is 6.18 Å². The Kier molecular flexibility index (Phi) is 4.45. The number of benzene rings is 1. The zero-order valence-corrected chi connectivity index (χ0v) is 12.0. The first kappa shape index (κ1) is 15.0. The van der Waals surface area contributed by atoms with E-state index in [-0.39, 0.29) is 6.04 Å². The zero-order chi connectivity index (χ0) is 14.8. The molecule has 0 saturated carbocycles. The summed E-state index contributed by atoms with van der Waals surface area (Å²) in [6.45, 7) is 4.30. The lowest BCUT2D eigenvalue weighted by molar-refractivity contribution is -0.137. The van der Waals surface area contributed by atoms with Crippen molar-refractivity contribution in [1.29, 1.82) is 0 Å². The Hall–Kier alpha value is -1.40. The Morgan fingerprint density at radius 3 is 2.70 bits per heavy atom. The fourth-order valence-electron chi connectivity index (χ4n) is 1.95. The van der Waals surface area contributed by atoms with Crippen LogP contribution in [0.25, 0.3) is 0 Å². The molecule has 0 aliphatic carbocycles. The number of halogens is 3. The van der Waals surface area contributed by atoms with E-state index in [1.807, 2.05) is 13.8 Å². The van der Waals surface area contributed by atoms with Crippen LogP contribution in [0, 0.1) is 6.92 Å². The number of hydrogen-bond donors (Lipinski definition) is 1. The van der Waals surface area contributed by atoms with Crippen molar-refractivity contribution >= 4 is 11.3 Å². The molecule has 1 N–H and O–H groups in total. The van der Waals surface area contributed by atoms with Crippen molar-refractivity contribution in [3.8, 4) is 0 Å². The Morgan fingerprint density at radius 2 is 2.10 bits per heavy atom. The zero-order valence-electron chi connectivity index (χ0n) is 11.2. The molecule has 20 heavy (non-hydrogen) atoms. The smallest absolute Gasteiger partial charge is 0.305 e. The Balaban J connectivity index is 2.03. The van der Waals surface area contributed by atoms with Crippen LogP contribution in [-0.2, 0) is 12.7 Å². The average molecular weight is 300 g/mol. The van der Waals surface area contributed by atoms with Gasteiger partial charge in [0.15, 0.2) is 0 Å². The van der Waals surface area contributed by atoms with Crippen molar-refractivity contribution in [2.75, 3.05) is 0 Å². The van der Waals surface area contributed by atoms with E-state index in [0.29, 0.717) is 12.1 Å². The minimum Gasteiger partial charge on any atom is -0.305 e. The normalized spacial score (nSPS) is 13.4. The van der Waals surface area contributed by atoms with E-state index in [9.17, 15) is 13.2 Å². The van der Waals surface area contributed by atoms with Gasteiger partial charge in [-0.05, 0) is 25.5 Å². The first-order chi connectivity index (χ1) is 9.38. The van der Waals surface area contributed by atoms with E-state index >= 15 is 0 Å². The first-order valence-electron chi connectivity index (χ1n) is 6.17. The van der Waals surface area contributed by atoms with E-state index in [4.69, 9.17) is 0 Å². The molecule has 2 nitrogen and oxygen atoms in total. The van der Waals surface area contributed by atoms with Crippen LogP contribution in [0.5, 0.6) is 0 Å². The van der Waals surface area contributed by atoms with E-state index in [1.165, 1.54) is 12.1 Å². The van der Waals surface area contributed by atoms with Gasteiger partial charge in [-0.3, -0.25) is 0 Å². The molecule has 0 radical (unpaired) electrons. The maximum absolute atomic E-state index is 12.6. The molecule has 0 saturated heterocycles. The van der Waals surface area contributed by atoms with Crippen LogP contribution in [0.3, 0.4) is 0 Å². The molecule has 0 spiro atoms. The lowest BCUT2D eigenvalue weighted by Crippen LogP contribution is -2.18. The van der Waals surface area contributed by atoms with Gasteiger partial charge in [-0.2, -0.15) is 13.2 Å². The highest BCUT2D eigenvalue weighted by atomic mass is 32.1. The number of thiazole rings is 1. The summed E-state index contributed by atoms with van der Waals surface area (Å²) in [4.78, 5) is 5.28. The van der Waals surface area contributed by atoms with Crippen LogP contribution >= 0.6 is 11.3 Å². The number of hydrogen-bond acceptors (Lipinski definition) is 3. The molecule has 0 amide bonds. The maximum Gasteiger partial charge on any atom is 0.416 e. The molecule has 1 atom stereocenters. The quantitative estimate of drug-likeness (QED) is 0.909. The second kappa shape index (κ2) is 5.93. The predicted octanol–water partition coefficient (Wildman–Crippen LogP) is 4.32. The summed E-state index contributed by atoms with van der Waals surface area (Å²) in [6, 6.07) is 5.45. The van der Waals surface area contributed by atoms with Crippen LogP contribution in [-0.4, -0.2) is 4.98 Å². The van der Waals surface area contributed by atoms with Crippen LogP contribution in [0.15, 0.2) is 29.8 Å². The molecule has 2 rings (SSSR count). The summed E-state index contributed by atoms with van der Waals surface area (Å²) in [5, 5.41) is 3.22. The summed E-state index contributed by atoms with van der Waals surface area (Å²) in [6.07, 6.45) is -4.30. The monoisotopic (exact) mass is 300 g/mol. The molecule has 0 fully saturated rings. The summed E-state index contributed by atoms with van der Waals surface area (Å²) < 4.78 is 37.8. The number of rotatable bonds is 4. The molecular weight excluding hydrogens is 285 g/mol. The first-order valence-corrected chi connectivity index (χ1v) is 7.05. The molecule has 0 aliphatic heterocycles. The van der Waals surface area contributed by atoms with Crippen LogP contribution < -0.4 is 5.32 Å². The second-order valence-corrected chi connectivity index (χ2v) is 5.49. The van der Waals surface area contributed by atoms with Crippen LogP contribution in [0.2, 0.25) is 0 Å². The van der Waals surface area contributed by atoms with Gasteiger partial charge < -0.3 is 5.32 Å². The van der Waals surface area contributed by atoms with Gasteiger partial charge in [0.2, 0.25) is 0 Å². The third-order valence-electron chi connectivity index (χ3n) is 3.04. The van der Waals surface area contributed by atoms with Gasteiger partial charge in [-0.15, -0.1) is 11.3 Å². The largest absolute Gasteiger partial charge is 0.416 e. The number of alkyl halides is 3. The highest BCUT2D eigenvalue weighted by Crippen LogP contribution is 2.29. The van der Waals surface area contributed by atoms with Crippen molar-refractivity contribution in [2.45, 2.75) is 32.6 Å². The van der Waals surface area contributed by atoms with Gasteiger partial charge in [-0.25, -0.2) is 4.98 Å². The number of nitrogens with zero attached hydrogens (tertiary/aromatic N) is 1. The summed E-state index contributed by atoms with van der Waals surface area (Å²) in [5.41, 5.74) is 2.74. The molecule has 1 aromatic heterocycles. The lowest BCUT2D eigenvalue weighted by Gasteiger charge is -2.14.